The Morgan fingerprint density at radius 1 is 1.39 bits per heavy atom. The van der Waals surface area contributed by atoms with Gasteiger partial charge in [0.05, 0.1) is 11.4 Å². The largest absolute Gasteiger partial charge is 0.465 e. The van der Waals surface area contributed by atoms with E-state index in [2.05, 4.69) is 20.3 Å². The predicted molar refractivity (Wildman–Crippen MR) is 82.1 cm³/mol. The Hall–Kier alpha value is -2.77. The molecule has 8 heteroatoms. The molecule has 120 valence electrons. The monoisotopic (exact) mass is 315 g/mol. The molecule has 3 heterocycles. The molecule has 0 aromatic carbocycles. The van der Waals surface area contributed by atoms with Crippen LogP contribution in [-0.2, 0) is 6.54 Å². The lowest BCUT2D eigenvalue weighted by atomic mass is 10.0. The maximum absolute atomic E-state index is 12.4. The van der Waals surface area contributed by atoms with Crippen molar-refractivity contribution >= 4 is 6.09 Å². The minimum Gasteiger partial charge on any atom is -0.465 e. The number of hydrogen-bond acceptors (Lipinski definition) is 5. The second-order valence-corrected chi connectivity index (χ2v) is 5.46. The van der Waals surface area contributed by atoms with Crippen molar-refractivity contribution in [3.05, 3.63) is 40.8 Å². The lowest BCUT2D eigenvalue weighted by Gasteiger charge is -2.18. The zero-order valence-electron chi connectivity index (χ0n) is 12.5. The Bertz CT molecular complexity index is 759. The molecule has 1 aliphatic heterocycles. The smallest absolute Gasteiger partial charge is 0.404 e. The van der Waals surface area contributed by atoms with E-state index in [0.29, 0.717) is 23.8 Å². The van der Waals surface area contributed by atoms with E-state index in [1.165, 1.54) is 12.4 Å². The Morgan fingerprint density at radius 3 is 3.00 bits per heavy atom. The van der Waals surface area contributed by atoms with Crippen molar-refractivity contribution in [1.29, 1.82) is 0 Å². The van der Waals surface area contributed by atoms with Crippen molar-refractivity contribution in [1.82, 2.24) is 24.8 Å². The van der Waals surface area contributed by atoms with Gasteiger partial charge in [-0.05, 0) is 18.9 Å². The SMILES string of the molecule is O=C(O)NCC1CCCCn2c1nc(-c1ccncn1)cc2=O. The number of fused-ring (bicyclic) bond motifs is 1. The quantitative estimate of drug-likeness (QED) is 0.881. The summed E-state index contributed by atoms with van der Waals surface area (Å²) < 4.78 is 1.64. The van der Waals surface area contributed by atoms with Crippen molar-refractivity contribution in [2.45, 2.75) is 31.7 Å². The van der Waals surface area contributed by atoms with Crippen LogP contribution in [0.3, 0.4) is 0 Å². The van der Waals surface area contributed by atoms with Crippen LogP contribution in [0, 0.1) is 0 Å². The number of hydrogen-bond donors (Lipinski definition) is 2. The minimum atomic E-state index is -1.07. The third-order valence-corrected chi connectivity index (χ3v) is 3.93. The Morgan fingerprint density at radius 2 is 2.26 bits per heavy atom. The van der Waals surface area contributed by atoms with Gasteiger partial charge >= 0.3 is 6.09 Å². The van der Waals surface area contributed by atoms with Crippen LogP contribution in [-0.4, -0.2) is 37.3 Å². The summed E-state index contributed by atoms with van der Waals surface area (Å²) in [6.07, 6.45) is 4.53. The van der Waals surface area contributed by atoms with Gasteiger partial charge in [0.25, 0.3) is 5.56 Å². The van der Waals surface area contributed by atoms with Crippen LogP contribution in [0.1, 0.15) is 31.0 Å². The van der Waals surface area contributed by atoms with Crippen LogP contribution >= 0.6 is 0 Å². The highest BCUT2D eigenvalue weighted by molar-refractivity contribution is 5.64. The van der Waals surface area contributed by atoms with E-state index in [1.807, 2.05) is 0 Å². The molecule has 0 radical (unpaired) electrons. The summed E-state index contributed by atoms with van der Waals surface area (Å²) in [5.74, 6) is 0.500. The predicted octanol–water partition coefficient (Wildman–Crippen LogP) is 1.24. The zero-order valence-corrected chi connectivity index (χ0v) is 12.5. The molecular weight excluding hydrogens is 298 g/mol. The number of rotatable bonds is 3. The average Bonchev–Trinajstić information content (AvgIpc) is 2.76. The van der Waals surface area contributed by atoms with Gasteiger partial charge in [-0.2, -0.15) is 0 Å². The topological polar surface area (TPSA) is 110 Å². The fraction of sp³-hybridized carbons (Fsp3) is 0.400. The molecule has 8 nitrogen and oxygen atoms in total. The van der Waals surface area contributed by atoms with Crippen molar-refractivity contribution in [3.8, 4) is 11.4 Å². The molecule has 23 heavy (non-hydrogen) atoms. The van der Waals surface area contributed by atoms with Crippen LogP contribution < -0.4 is 10.9 Å². The van der Waals surface area contributed by atoms with Gasteiger partial charge in [-0.3, -0.25) is 9.36 Å². The van der Waals surface area contributed by atoms with Gasteiger partial charge in [0, 0.05) is 31.3 Å². The molecule has 1 unspecified atom stereocenters. The first-order valence-electron chi connectivity index (χ1n) is 7.50. The second-order valence-electron chi connectivity index (χ2n) is 5.46. The fourth-order valence-corrected chi connectivity index (χ4v) is 2.83. The average molecular weight is 315 g/mol. The molecule has 1 atom stereocenters. The maximum atomic E-state index is 12.4. The van der Waals surface area contributed by atoms with Crippen LogP contribution in [0.5, 0.6) is 0 Å². The number of amides is 1. The first-order chi connectivity index (χ1) is 11.1. The van der Waals surface area contributed by atoms with E-state index < -0.39 is 6.09 Å². The lowest BCUT2D eigenvalue weighted by Crippen LogP contribution is -2.31. The van der Waals surface area contributed by atoms with E-state index in [1.54, 1.807) is 16.8 Å². The van der Waals surface area contributed by atoms with Crippen molar-refractivity contribution in [2.24, 2.45) is 0 Å². The molecule has 1 amide bonds. The van der Waals surface area contributed by atoms with Crippen molar-refractivity contribution in [3.63, 3.8) is 0 Å². The summed E-state index contributed by atoms with van der Waals surface area (Å²) in [5.41, 5.74) is 0.936. The van der Waals surface area contributed by atoms with Crippen molar-refractivity contribution in [2.75, 3.05) is 6.54 Å². The van der Waals surface area contributed by atoms with Gasteiger partial charge in [0.1, 0.15) is 12.2 Å². The number of carboxylic acid groups (broad SMARTS) is 1. The maximum Gasteiger partial charge on any atom is 0.404 e. The molecule has 0 spiro atoms. The number of carbonyl (C=O) groups is 1. The zero-order chi connectivity index (χ0) is 16.2. The molecule has 3 rings (SSSR count). The Kier molecular flexibility index (Phi) is 4.31. The molecule has 2 N–H and O–H groups in total. The minimum absolute atomic E-state index is 0.122. The highest BCUT2D eigenvalue weighted by Gasteiger charge is 2.23. The lowest BCUT2D eigenvalue weighted by molar-refractivity contribution is 0.193. The van der Waals surface area contributed by atoms with Gasteiger partial charge in [-0.15, -0.1) is 0 Å². The van der Waals surface area contributed by atoms with E-state index >= 15 is 0 Å². The van der Waals surface area contributed by atoms with E-state index in [4.69, 9.17) is 5.11 Å². The van der Waals surface area contributed by atoms with Gasteiger partial charge < -0.3 is 10.4 Å². The van der Waals surface area contributed by atoms with Gasteiger partial charge in [-0.25, -0.2) is 19.7 Å². The number of aromatic nitrogens is 4. The van der Waals surface area contributed by atoms with Gasteiger partial charge in [-0.1, -0.05) is 6.42 Å². The van der Waals surface area contributed by atoms with E-state index in [-0.39, 0.29) is 18.0 Å². The fourth-order valence-electron chi connectivity index (χ4n) is 2.83. The third kappa shape index (κ3) is 3.36. The van der Waals surface area contributed by atoms with Gasteiger partial charge in [0.15, 0.2) is 0 Å². The highest BCUT2D eigenvalue weighted by Crippen LogP contribution is 2.25. The molecule has 0 saturated heterocycles. The van der Waals surface area contributed by atoms with Crippen LogP contribution in [0.15, 0.2) is 29.5 Å². The first-order valence-corrected chi connectivity index (χ1v) is 7.50. The summed E-state index contributed by atoms with van der Waals surface area (Å²) in [6, 6.07) is 3.17. The van der Waals surface area contributed by atoms with E-state index in [0.717, 1.165) is 19.3 Å². The molecule has 0 saturated carbocycles. The second kappa shape index (κ2) is 6.55. The van der Waals surface area contributed by atoms with Crippen LogP contribution in [0.25, 0.3) is 11.4 Å². The van der Waals surface area contributed by atoms with Gasteiger partial charge in [0.2, 0.25) is 0 Å². The van der Waals surface area contributed by atoms with Crippen molar-refractivity contribution < 1.29 is 9.90 Å². The summed E-state index contributed by atoms with van der Waals surface area (Å²) >= 11 is 0. The molecule has 1 aliphatic rings. The summed E-state index contributed by atoms with van der Waals surface area (Å²) in [4.78, 5) is 35.8. The highest BCUT2D eigenvalue weighted by atomic mass is 16.4. The molecular formula is C15H17N5O3. The molecule has 0 bridgehead atoms. The molecule has 0 aliphatic carbocycles. The summed E-state index contributed by atoms with van der Waals surface area (Å²) in [6.45, 7) is 0.851. The summed E-state index contributed by atoms with van der Waals surface area (Å²) in [7, 11) is 0. The van der Waals surface area contributed by atoms with Crippen LogP contribution in [0.4, 0.5) is 4.79 Å². The van der Waals surface area contributed by atoms with Crippen LogP contribution in [0.2, 0.25) is 0 Å². The summed E-state index contributed by atoms with van der Waals surface area (Å²) in [5, 5.41) is 11.2. The Labute approximate surface area is 132 Å². The standard InChI is InChI=1S/C15H17N5O3/c21-13-7-12(11-4-5-16-9-18-11)19-14-10(8-17-15(22)23)3-1-2-6-20(13)14/h4-5,7,9-10,17H,1-3,6,8H2,(H,22,23). The van der Waals surface area contributed by atoms with E-state index in [9.17, 15) is 9.59 Å². The molecule has 2 aromatic rings. The number of nitrogens with one attached hydrogen (secondary N) is 1. The normalized spacial score (nSPS) is 17.1. The molecule has 2 aromatic heterocycles. The third-order valence-electron chi connectivity index (χ3n) is 3.93. The molecule has 0 fully saturated rings. The Balaban J connectivity index is 2.03. The number of nitrogens with zero attached hydrogens (tertiary/aromatic N) is 4. The first kappa shape index (κ1) is 15.1.